The lowest BCUT2D eigenvalue weighted by molar-refractivity contribution is 0.616. The Kier molecular flexibility index (Phi) is 4.01. The van der Waals surface area contributed by atoms with Crippen LogP contribution in [0.25, 0.3) is 16.9 Å². The molecule has 2 unspecified atom stereocenters. The van der Waals surface area contributed by atoms with Crippen LogP contribution in [-0.4, -0.2) is 28.5 Å². The maximum atomic E-state index is 4.99. The lowest BCUT2D eigenvalue weighted by atomic mass is 9.96. The monoisotopic (exact) mass is 358 g/mol. The molecule has 0 radical (unpaired) electrons. The van der Waals surface area contributed by atoms with Crippen molar-refractivity contribution in [2.24, 2.45) is 5.92 Å². The van der Waals surface area contributed by atoms with E-state index in [1.165, 1.54) is 22.4 Å². The van der Waals surface area contributed by atoms with Crippen LogP contribution in [0.4, 0.5) is 0 Å². The third-order valence-electron chi connectivity index (χ3n) is 5.99. The average Bonchev–Trinajstić information content (AvgIpc) is 3.38. The minimum absolute atomic E-state index is 0.388. The van der Waals surface area contributed by atoms with Crippen molar-refractivity contribution in [2.45, 2.75) is 32.2 Å². The number of rotatable bonds is 4. The zero-order valence-electron chi connectivity index (χ0n) is 15.9. The number of hydrogen-bond donors (Lipinski definition) is 2. The lowest BCUT2D eigenvalue weighted by Crippen LogP contribution is -2.27. The molecule has 4 heteroatoms. The summed E-state index contributed by atoms with van der Waals surface area (Å²) in [7, 11) is 0. The highest BCUT2D eigenvalue weighted by Crippen LogP contribution is 2.31. The predicted molar refractivity (Wildman–Crippen MR) is 110 cm³/mol. The first-order chi connectivity index (χ1) is 13.2. The molecule has 2 aliphatic heterocycles. The lowest BCUT2D eigenvalue weighted by Gasteiger charge is -2.14. The number of nitrogens with zero attached hydrogens (tertiary/aromatic N) is 2. The molecule has 4 heterocycles. The highest BCUT2D eigenvalue weighted by atomic mass is 15.0. The van der Waals surface area contributed by atoms with E-state index in [-0.39, 0.29) is 0 Å². The summed E-state index contributed by atoms with van der Waals surface area (Å²) < 4.78 is 2.25. The molecule has 0 amide bonds. The van der Waals surface area contributed by atoms with E-state index in [0.717, 1.165) is 30.9 Å². The Bertz CT molecular complexity index is 997. The Hall–Kier alpha value is -2.59. The smallest absolute Gasteiger partial charge is 0.137 e. The number of benzene rings is 1. The maximum absolute atomic E-state index is 4.99. The highest BCUT2D eigenvalue weighted by molar-refractivity contribution is 5.67. The number of imidazole rings is 1. The van der Waals surface area contributed by atoms with Crippen molar-refractivity contribution < 1.29 is 0 Å². The Morgan fingerprint density at radius 1 is 1.11 bits per heavy atom. The van der Waals surface area contributed by atoms with Gasteiger partial charge in [0.2, 0.25) is 0 Å². The fourth-order valence-corrected chi connectivity index (χ4v) is 4.41. The maximum Gasteiger partial charge on any atom is 0.137 e. The largest absolute Gasteiger partial charge is 0.390 e. The molecule has 2 atom stereocenters. The fourth-order valence-electron chi connectivity index (χ4n) is 4.41. The third kappa shape index (κ3) is 2.85. The Balaban J connectivity index is 1.57. The molecule has 1 fully saturated rings. The van der Waals surface area contributed by atoms with Crippen LogP contribution in [0.5, 0.6) is 0 Å². The van der Waals surface area contributed by atoms with Gasteiger partial charge < -0.3 is 15.0 Å². The van der Waals surface area contributed by atoms with E-state index in [1.807, 2.05) is 0 Å². The van der Waals surface area contributed by atoms with Gasteiger partial charge in [-0.25, -0.2) is 4.98 Å². The zero-order chi connectivity index (χ0) is 18.4. The van der Waals surface area contributed by atoms with Crippen LogP contribution in [0.2, 0.25) is 0 Å². The van der Waals surface area contributed by atoms with Crippen molar-refractivity contribution in [3.05, 3.63) is 71.7 Å². The van der Waals surface area contributed by atoms with E-state index in [1.54, 1.807) is 0 Å². The second-order valence-corrected chi connectivity index (χ2v) is 8.03. The van der Waals surface area contributed by atoms with Crippen molar-refractivity contribution in [3.8, 4) is 11.3 Å². The van der Waals surface area contributed by atoms with Crippen LogP contribution in [0.1, 0.15) is 31.0 Å². The summed E-state index contributed by atoms with van der Waals surface area (Å²) in [6.07, 6.45) is 5.31. The summed E-state index contributed by atoms with van der Waals surface area (Å²) in [4.78, 5) is 4.99. The Morgan fingerprint density at radius 2 is 1.96 bits per heavy atom. The fraction of sp³-hybridized carbons (Fsp3) is 0.348. The first-order valence-electron chi connectivity index (χ1n) is 9.93. The van der Waals surface area contributed by atoms with Gasteiger partial charge in [-0.05, 0) is 35.4 Å². The van der Waals surface area contributed by atoms with Crippen LogP contribution in [0.3, 0.4) is 0 Å². The van der Waals surface area contributed by atoms with Gasteiger partial charge in [0, 0.05) is 43.2 Å². The van der Waals surface area contributed by atoms with E-state index in [4.69, 9.17) is 4.98 Å². The zero-order valence-corrected chi connectivity index (χ0v) is 15.9. The number of hydrogen-bond acceptors (Lipinski definition) is 3. The molecule has 0 bridgehead atoms. The van der Waals surface area contributed by atoms with Gasteiger partial charge in [-0.2, -0.15) is 0 Å². The van der Waals surface area contributed by atoms with E-state index >= 15 is 0 Å². The minimum atomic E-state index is 0.388. The molecule has 5 rings (SSSR count). The molecular formula is C23H26N4. The number of aromatic nitrogens is 2. The van der Waals surface area contributed by atoms with Crippen molar-refractivity contribution in [1.82, 2.24) is 20.0 Å². The molecule has 2 aliphatic rings. The van der Waals surface area contributed by atoms with Crippen LogP contribution >= 0.6 is 0 Å². The van der Waals surface area contributed by atoms with Gasteiger partial charge in [0.15, 0.2) is 0 Å². The number of pyridine rings is 1. The Morgan fingerprint density at radius 3 is 2.78 bits per heavy atom. The van der Waals surface area contributed by atoms with Crippen LogP contribution in [0, 0.1) is 5.92 Å². The molecule has 0 spiro atoms. The highest BCUT2D eigenvalue weighted by Gasteiger charge is 2.33. The molecule has 4 nitrogen and oxygen atoms in total. The number of fused-ring (bicyclic) bond motifs is 2. The van der Waals surface area contributed by atoms with Crippen molar-refractivity contribution in [2.75, 3.05) is 13.1 Å². The van der Waals surface area contributed by atoms with Gasteiger partial charge in [-0.3, -0.25) is 0 Å². The molecule has 2 aromatic heterocycles. The molecular weight excluding hydrogens is 332 g/mol. The first kappa shape index (κ1) is 16.6. The van der Waals surface area contributed by atoms with Crippen LogP contribution < -0.4 is 10.6 Å². The molecule has 1 saturated heterocycles. The summed E-state index contributed by atoms with van der Waals surface area (Å²) in [5.74, 6) is 1.18. The van der Waals surface area contributed by atoms with E-state index in [2.05, 4.69) is 83.7 Å². The van der Waals surface area contributed by atoms with Gasteiger partial charge >= 0.3 is 0 Å². The van der Waals surface area contributed by atoms with Crippen molar-refractivity contribution in [3.63, 3.8) is 0 Å². The topological polar surface area (TPSA) is 41.4 Å². The SMILES string of the molecule is CC(C)c1ccc(-c2nc3ccccn3c2CC2NCC3CNC=C32)cc1. The summed E-state index contributed by atoms with van der Waals surface area (Å²) in [6, 6.07) is 15.6. The molecule has 27 heavy (non-hydrogen) atoms. The summed E-state index contributed by atoms with van der Waals surface area (Å²) in [5, 5.41) is 7.12. The van der Waals surface area contributed by atoms with Gasteiger partial charge in [0.25, 0.3) is 0 Å². The molecule has 3 aromatic rings. The van der Waals surface area contributed by atoms with E-state index in [9.17, 15) is 0 Å². The van der Waals surface area contributed by atoms with Crippen LogP contribution in [0.15, 0.2) is 60.4 Å². The van der Waals surface area contributed by atoms with E-state index < -0.39 is 0 Å². The second-order valence-electron chi connectivity index (χ2n) is 8.03. The standard InChI is InChI=1S/C23H26N4/c1-15(2)16-6-8-17(9-7-16)23-21(27-10-4-3-5-22(27)26-23)11-20-19-14-24-12-18(19)13-25-20/h3-10,14-15,18,20,24-25H,11-13H2,1-2H3. The second kappa shape index (κ2) is 6.54. The minimum Gasteiger partial charge on any atom is -0.390 e. The molecule has 0 aliphatic carbocycles. The molecule has 1 aromatic carbocycles. The molecule has 0 saturated carbocycles. The third-order valence-corrected chi connectivity index (χ3v) is 5.99. The molecule has 138 valence electrons. The average molecular weight is 358 g/mol. The normalized spacial score (nSPS) is 21.5. The first-order valence-corrected chi connectivity index (χ1v) is 9.93. The molecule has 2 N–H and O–H groups in total. The van der Waals surface area contributed by atoms with Gasteiger partial charge in [-0.15, -0.1) is 0 Å². The van der Waals surface area contributed by atoms with Crippen LogP contribution in [-0.2, 0) is 6.42 Å². The van der Waals surface area contributed by atoms with Gasteiger partial charge in [0.1, 0.15) is 5.65 Å². The predicted octanol–water partition coefficient (Wildman–Crippen LogP) is 3.74. The quantitative estimate of drug-likeness (QED) is 0.746. The van der Waals surface area contributed by atoms with Gasteiger partial charge in [0.05, 0.1) is 11.4 Å². The summed E-state index contributed by atoms with van der Waals surface area (Å²) in [5.41, 5.74) is 7.49. The van der Waals surface area contributed by atoms with E-state index in [0.29, 0.717) is 17.9 Å². The summed E-state index contributed by atoms with van der Waals surface area (Å²) in [6.45, 7) is 6.60. The van der Waals surface area contributed by atoms with Crippen molar-refractivity contribution >= 4 is 5.65 Å². The van der Waals surface area contributed by atoms with Gasteiger partial charge in [-0.1, -0.05) is 44.2 Å². The number of nitrogens with one attached hydrogen (secondary N) is 2. The van der Waals surface area contributed by atoms with Crippen molar-refractivity contribution in [1.29, 1.82) is 0 Å². The Labute approximate surface area is 160 Å². The summed E-state index contributed by atoms with van der Waals surface area (Å²) >= 11 is 0.